The lowest BCUT2D eigenvalue weighted by molar-refractivity contribution is 0.783. The van der Waals surface area contributed by atoms with Crippen LogP contribution in [0.25, 0.3) is 83.3 Å². The molecule has 0 amide bonds. The van der Waals surface area contributed by atoms with Crippen LogP contribution in [0.5, 0.6) is 0 Å². The number of fused-ring (bicyclic) bond motifs is 7. The van der Waals surface area contributed by atoms with E-state index in [9.17, 15) is 0 Å². The molecule has 0 atom stereocenters. The van der Waals surface area contributed by atoms with Crippen molar-refractivity contribution in [2.24, 2.45) is 0 Å². The van der Waals surface area contributed by atoms with Gasteiger partial charge >= 0.3 is 0 Å². The number of rotatable bonds is 4. The van der Waals surface area contributed by atoms with Crippen molar-refractivity contribution in [2.75, 3.05) is 0 Å². The SMILES string of the molecule is c1ccc(-c2cc(-c3ccccc3)nc(-c3cccc(-n4c5cccc6c5c5c7c(cccc7ccc54)C64c5ccccc5-c5ccccc54)c3)n2)cc1. The Morgan fingerprint density at radius 3 is 1.59 bits per heavy atom. The summed E-state index contributed by atoms with van der Waals surface area (Å²) < 4.78 is 2.46. The zero-order chi connectivity index (χ0) is 35.4. The lowest BCUT2D eigenvalue weighted by Crippen LogP contribution is -2.30. The summed E-state index contributed by atoms with van der Waals surface area (Å²) >= 11 is 0. The minimum atomic E-state index is -0.429. The van der Waals surface area contributed by atoms with Gasteiger partial charge in [0.2, 0.25) is 0 Å². The standard InChI is InChI=1S/C51H31N3/c1-3-14-32(15-4-1)43-31-44(33-16-5-2-6-17-33)53-50(52-43)35-19-11-20-36(30-35)54-45-27-13-26-42-48(45)49-46(54)29-28-34-18-12-25-41(47(34)49)51(42)39-23-9-7-21-37(39)38-22-8-10-24-40(38)51/h1-31H. The molecule has 0 saturated carbocycles. The maximum atomic E-state index is 5.18. The van der Waals surface area contributed by atoms with Gasteiger partial charge in [-0.05, 0) is 74.5 Å². The molecule has 0 unspecified atom stereocenters. The predicted octanol–water partition coefficient (Wildman–Crippen LogP) is 12.4. The van der Waals surface area contributed by atoms with Crippen LogP contribution in [-0.2, 0) is 5.41 Å². The van der Waals surface area contributed by atoms with Crippen LogP contribution < -0.4 is 0 Å². The molecule has 8 aromatic carbocycles. The molecule has 0 fully saturated rings. The van der Waals surface area contributed by atoms with Crippen molar-refractivity contribution >= 4 is 32.6 Å². The monoisotopic (exact) mass is 685 g/mol. The molecule has 250 valence electrons. The molecular formula is C51H31N3. The van der Waals surface area contributed by atoms with Crippen LogP contribution in [0.15, 0.2) is 188 Å². The summed E-state index contributed by atoms with van der Waals surface area (Å²) in [5.74, 6) is 0.702. The van der Waals surface area contributed by atoms with Gasteiger partial charge in [0.1, 0.15) is 0 Å². The van der Waals surface area contributed by atoms with Crippen LogP contribution in [0.4, 0.5) is 0 Å². The van der Waals surface area contributed by atoms with E-state index in [1.54, 1.807) is 0 Å². The Labute approximate surface area is 312 Å². The molecule has 0 N–H and O–H groups in total. The Hall–Kier alpha value is -7.10. The number of hydrogen-bond donors (Lipinski definition) is 0. The molecule has 0 saturated heterocycles. The van der Waals surface area contributed by atoms with E-state index in [0.29, 0.717) is 5.82 Å². The smallest absolute Gasteiger partial charge is 0.160 e. The fourth-order valence-electron chi connectivity index (χ4n) is 9.66. The molecule has 2 aromatic heterocycles. The van der Waals surface area contributed by atoms with Gasteiger partial charge in [0.25, 0.3) is 0 Å². The summed E-state index contributed by atoms with van der Waals surface area (Å²) in [4.78, 5) is 10.4. The van der Waals surface area contributed by atoms with Crippen LogP contribution in [0, 0.1) is 0 Å². The third-order valence-corrected chi connectivity index (χ3v) is 11.8. The second kappa shape index (κ2) is 11.0. The van der Waals surface area contributed by atoms with Gasteiger partial charge in [-0.25, -0.2) is 9.97 Å². The first-order valence-electron chi connectivity index (χ1n) is 18.6. The van der Waals surface area contributed by atoms with E-state index in [-0.39, 0.29) is 0 Å². The van der Waals surface area contributed by atoms with Crippen LogP contribution in [-0.4, -0.2) is 14.5 Å². The Morgan fingerprint density at radius 1 is 0.370 bits per heavy atom. The van der Waals surface area contributed by atoms with Crippen LogP contribution in [0.1, 0.15) is 22.3 Å². The first kappa shape index (κ1) is 29.5. The number of benzene rings is 8. The van der Waals surface area contributed by atoms with Gasteiger partial charge in [0, 0.05) is 33.2 Å². The van der Waals surface area contributed by atoms with E-state index >= 15 is 0 Å². The number of hydrogen-bond acceptors (Lipinski definition) is 2. The van der Waals surface area contributed by atoms with Gasteiger partial charge in [0.15, 0.2) is 5.82 Å². The van der Waals surface area contributed by atoms with Crippen molar-refractivity contribution in [3.8, 4) is 50.7 Å². The van der Waals surface area contributed by atoms with Crippen molar-refractivity contribution in [1.82, 2.24) is 14.5 Å². The summed E-state index contributed by atoms with van der Waals surface area (Å²) in [7, 11) is 0. The Bertz CT molecular complexity index is 3050. The molecule has 3 heteroatoms. The molecule has 10 aromatic rings. The molecule has 2 aliphatic carbocycles. The third-order valence-electron chi connectivity index (χ3n) is 11.8. The molecule has 2 aliphatic rings. The molecule has 0 radical (unpaired) electrons. The molecule has 0 aliphatic heterocycles. The van der Waals surface area contributed by atoms with E-state index in [1.807, 2.05) is 12.1 Å². The maximum absolute atomic E-state index is 5.18. The summed E-state index contributed by atoms with van der Waals surface area (Å²) in [5, 5.41) is 5.25. The van der Waals surface area contributed by atoms with Crippen LogP contribution in [0.2, 0.25) is 0 Å². The summed E-state index contributed by atoms with van der Waals surface area (Å²) in [5.41, 5.74) is 16.0. The Kier molecular flexibility index (Phi) is 5.98. The summed E-state index contributed by atoms with van der Waals surface area (Å²) in [6, 6.07) is 68.1. The summed E-state index contributed by atoms with van der Waals surface area (Å²) in [6.07, 6.45) is 0. The second-order valence-electron chi connectivity index (χ2n) is 14.5. The van der Waals surface area contributed by atoms with Crippen molar-refractivity contribution in [2.45, 2.75) is 5.41 Å². The first-order chi connectivity index (χ1) is 26.8. The van der Waals surface area contributed by atoms with E-state index in [2.05, 4.69) is 180 Å². The highest BCUT2D eigenvalue weighted by Gasteiger charge is 2.49. The van der Waals surface area contributed by atoms with Crippen molar-refractivity contribution in [3.05, 3.63) is 210 Å². The van der Waals surface area contributed by atoms with Gasteiger partial charge in [-0.2, -0.15) is 0 Å². The van der Waals surface area contributed by atoms with Gasteiger partial charge < -0.3 is 4.57 Å². The van der Waals surface area contributed by atoms with E-state index in [4.69, 9.17) is 9.97 Å². The highest BCUT2D eigenvalue weighted by Crippen LogP contribution is 2.62. The van der Waals surface area contributed by atoms with Crippen molar-refractivity contribution in [3.63, 3.8) is 0 Å². The lowest BCUT2D eigenvalue weighted by atomic mass is 9.63. The van der Waals surface area contributed by atoms with Crippen molar-refractivity contribution in [1.29, 1.82) is 0 Å². The van der Waals surface area contributed by atoms with Gasteiger partial charge in [-0.15, -0.1) is 0 Å². The Morgan fingerprint density at radius 2 is 0.907 bits per heavy atom. The highest BCUT2D eigenvalue weighted by molar-refractivity contribution is 6.26. The molecular weight excluding hydrogens is 655 g/mol. The molecule has 54 heavy (non-hydrogen) atoms. The predicted molar refractivity (Wildman–Crippen MR) is 221 cm³/mol. The minimum Gasteiger partial charge on any atom is -0.309 e. The highest BCUT2D eigenvalue weighted by atomic mass is 15.0. The normalized spacial score (nSPS) is 13.3. The lowest BCUT2D eigenvalue weighted by Gasteiger charge is -2.37. The average Bonchev–Trinajstić information content (AvgIpc) is 3.75. The van der Waals surface area contributed by atoms with Crippen LogP contribution in [0.3, 0.4) is 0 Å². The summed E-state index contributed by atoms with van der Waals surface area (Å²) in [6.45, 7) is 0. The molecule has 0 bridgehead atoms. The molecule has 3 nitrogen and oxygen atoms in total. The zero-order valence-corrected chi connectivity index (χ0v) is 29.2. The minimum absolute atomic E-state index is 0.429. The van der Waals surface area contributed by atoms with Crippen molar-refractivity contribution < 1.29 is 0 Å². The Balaban J connectivity index is 1.14. The third kappa shape index (κ3) is 3.85. The largest absolute Gasteiger partial charge is 0.309 e. The quantitative estimate of drug-likeness (QED) is 0.185. The maximum Gasteiger partial charge on any atom is 0.160 e. The van der Waals surface area contributed by atoms with Gasteiger partial charge in [-0.3, -0.25) is 0 Å². The van der Waals surface area contributed by atoms with E-state index in [1.165, 1.54) is 66.0 Å². The topological polar surface area (TPSA) is 30.7 Å². The van der Waals surface area contributed by atoms with Gasteiger partial charge in [-0.1, -0.05) is 158 Å². The molecule has 1 spiro atoms. The first-order valence-corrected chi connectivity index (χ1v) is 18.6. The second-order valence-corrected chi connectivity index (χ2v) is 14.5. The number of nitrogens with zero attached hydrogens (tertiary/aromatic N) is 3. The molecule has 2 heterocycles. The fraction of sp³-hybridized carbons (Fsp3) is 0.0196. The molecule has 12 rings (SSSR count). The fourth-order valence-corrected chi connectivity index (χ4v) is 9.66. The number of aromatic nitrogens is 3. The van der Waals surface area contributed by atoms with E-state index < -0.39 is 5.41 Å². The van der Waals surface area contributed by atoms with E-state index in [0.717, 1.165) is 33.8 Å². The van der Waals surface area contributed by atoms with Gasteiger partial charge in [0.05, 0.1) is 27.8 Å². The van der Waals surface area contributed by atoms with Crippen LogP contribution >= 0.6 is 0 Å². The zero-order valence-electron chi connectivity index (χ0n) is 29.2. The average molecular weight is 686 g/mol.